The van der Waals surface area contributed by atoms with E-state index in [1.165, 1.54) is 0 Å². The van der Waals surface area contributed by atoms with Crippen molar-refractivity contribution in [2.75, 3.05) is 5.73 Å². The van der Waals surface area contributed by atoms with E-state index < -0.39 is 0 Å². The number of carbonyl (C=O) groups excluding carboxylic acids is 1. The fraction of sp³-hybridized carbons (Fsp3) is 0.188. The smallest absolute Gasteiger partial charge is 0.255 e. The first kappa shape index (κ1) is 13.0. The Kier molecular flexibility index (Phi) is 3.14. The lowest BCUT2D eigenvalue weighted by molar-refractivity contribution is 0.0766. The number of fused-ring (bicyclic) bond motifs is 1. The van der Waals surface area contributed by atoms with Crippen LogP contribution in [0.25, 0.3) is 0 Å². The number of anilines is 1. The molecule has 0 unspecified atom stereocenters. The molecule has 0 fully saturated rings. The van der Waals surface area contributed by atoms with Gasteiger partial charge in [0, 0.05) is 29.4 Å². The second-order valence-electron chi connectivity index (χ2n) is 5.16. The van der Waals surface area contributed by atoms with Gasteiger partial charge in [0.1, 0.15) is 0 Å². The van der Waals surface area contributed by atoms with Crippen LogP contribution in [0.4, 0.5) is 5.69 Å². The lowest BCUT2D eigenvalue weighted by Crippen LogP contribution is -2.23. The molecule has 1 aliphatic rings. The van der Waals surface area contributed by atoms with E-state index in [1.807, 2.05) is 48.2 Å². The van der Waals surface area contributed by atoms with E-state index in [-0.39, 0.29) is 5.91 Å². The Morgan fingerprint density at radius 2 is 1.95 bits per heavy atom. The molecular formula is C16H15ClN2O. The Balaban J connectivity index is 1.87. The first-order valence-electron chi connectivity index (χ1n) is 6.47. The van der Waals surface area contributed by atoms with E-state index in [4.69, 9.17) is 17.3 Å². The number of aryl methyl sites for hydroxylation is 1. The normalized spacial score (nSPS) is 13.7. The van der Waals surface area contributed by atoms with Gasteiger partial charge in [0.15, 0.2) is 0 Å². The average Bonchev–Trinajstić information content (AvgIpc) is 2.69. The molecule has 0 aromatic heterocycles. The monoisotopic (exact) mass is 286 g/mol. The Labute approximate surface area is 123 Å². The van der Waals surface area contributed by atoms with Gasteiger partial charge in [0.05, 0.1) is 0 Å². The number of nitrogen functional groups attached to an aromatic ring is 1. The van der Waals surface area contributed by atoms with Crippen LogP contribution in [0.5, 0.6) is 0 Å². The van der Waals surface area contributed by atoms with E-state index in [9.17, 15) is 4.79 Å². The summed E-state index contributed by atoms with van der Waals surface area (Å²) in [5.74, 6) is 0.0750. The van der Waals surface area contributed by atoms with Crippen LogP contribution in [0.1, 0.15) is 27.0 Å². The highest BCUT2D eigenvalue weighted by molar-refractivity contribution is 6.31. The van der Waals surface area contributed by atoms with Crippen LogP contribution in [0, 0.1) is 6.92 Å². The summed E-state index contributed by atoms with van der Waals surface area (Å²) >= 11 is 6.06. The Morgan fingerprint density at radius 3 is 2.65 bits per heavy atom. The molecule has 2 aromatic rings. The van der Waals surface area contributed by atoms with Crippen LogP contribution in [0.2, 0.25) is 5.02 Å². The van der Waals surface area contributed by atoms with Crippen LogP contribution in [-0.4, -0.2) is 10.8 Å². The molecule has 1 amide bonds. The average molecular weight is 287 g/mol. The molecule has 0 aliphatic carbocycles. The second kappa shape index (κ2) is 4.84. The zero-order chi connectivity index (χ0) is 14.3. The molecule has 0 atom stereocenters. The quantitative estimate of drug-likeness (QED) is 0.860. The molecule has 3 nitrogen and oxygen atoms in total. The summed E-state index contributed by atoms with van der Waals surface area (Å²) in [7, 11) is 0. The van der Waals surface area contributed by atoms with Crippen molar-refractivity contribution in [2.24, 2.45) is 0 Å². The van der Waals surface area contributed by atoms with Crippen LogP contribution in [0.3, 0.4) is 0 Å². The van der Waals surface area contributed by atoms with Crippen molar-refractivity contribution >= 4 is 23.2 Å². The molecule has 2 N–H and O–H groups in total. The van der Waals surface area contributed by atoms with E-state index >= 15 is 0 Å². The van der Waals surface area contributed by atoms with Gasteiger partial charge >= 0.3 is 0 Å². The number of benzene rings is 2. The van der Waals surface area contributed by atoms with E-state index in [2.05, 4.69) is 0 Å². The number of nitrogens with two attached hydrogens (primary N) is 1. The van der Waals surface area contributed by atoms with Crippen molar-refractivity contribution in [2.45, 2.75) is 20.0 Å². The summed E-state index contributed by atoms with van der Waals surface area (Å²) in [5.41, 5.74) is 10.2. The molecule has 0 bridgehead atoms. The van der Waals surface area contributed by atoms with Gasteiger partial charge in [-0.15, -0.1) is 0 Å². The van der Waals surface area contributed by atoms with Gasteiger partial charge < -0.3 is 10.6 Å². The molecule has 4 heteroatoms. The molecule has 0 radical (unpaired) electrons. The van der Waals surface area contributed by atoms with Crippen molar-refractivity contribution in [3.8, 4) is 0 Å². The number of carbonyl (C=O) groups is 1. The van der Waals surface area contributed by atoms with E-state index in [1.54, 1.807) is 0 Å². The number of hydrogen-bond acceptors (Lipinski definition) is 2. The minimum absolute atomic E-state index is 0.0750. The molecule has 0 saturated carbocycles. The van der Waals surface area contributed by atoms with Gasteiger partial charge in [-0.1, -0.05) is 23.7 Å². The van der Waals surface area contributed by atoms with Gasteiger partial charge in [0.2, 0.25) is 0 Å². The van der Waals surface area contributed by atoms with Crippen LogP contribution >= 0.6 is 11.6 Å². The minimum Gasteiger partial charge on any atom is -0.399 e. The fourth-order valence-electron chi connectivity index (χ4n) is 2.65. The maximum Gasteiger partial charge on any atom is 0.255 e. The maximum absolute atomic E-state index is 12.5. The summed E-state index contributed by atoms with van der Waals surface area (Å²) in [6, 6.07) is 11.3. The van der Waals surface area contributed by atoms with Crippen molar-refractivity contribution in [3.63, 3.8) is 0 Å². The Hall–Kier alpha value is -2.00. The molecule has 20 heavy (non-hydrogen) atoms. The molecule has 102 valence electrons. The topological polar surface area (TPSA) is 46.3 Å². The Bertz CT molecular complexity index is 680. The summed E-state index contributed by atoms with van der Waals surface area (Å²) < 4.78 is 0. The molecule has 3 rings (SSSR count). The van der Waals surface area contributed by atoms with Crippen molar-refractivity contribution in [1.82, 2.24) is 4.90 Å². The third kappa shape index (κ3) is 2.25. The largest absolute Gasteiger partial charge is 0.399 e. The first-order chi connectivity index (χ1) is 9.54. The Morgan fingerprint density at radius 1 is 1.25 bits per heavy atom. The van der Waals surface area contributed by atoms with Gasteiger partial charge in [-0.05, 0) is 47.9 Å². The summed E-state index contributed by atoms with van der Waals surface area (Å²) in [5, 5.41) is 0.684. The number of hydrogen-bond donors (Lipinski definition) is 1. The lowest BCUT2D eigenvalue weighted by atomic mass is 10.0. The highest BCUT2D eigenvalue weighted by Crippen LogP contribution is 2.30. The van der Waals surface area contributed by atoms with Gasteiger partial charge in [-0.2, -0.15) is 0 Å². The molecular weight excluding hydrogens is 272 g/mol. The molecule has 1 heterocycles. The van der Waals surface area contributed by atoms with Crippen LogP contribution < -0.4 is 5.73 Å². The molecule has 2 aromatic carbocycles. The van der Waals surface area contributed by atoms with Crippen molar-refractivity contribution < 1.29 is 4.79 Å². The number of halogens is 1. The first-order valence-corrected chi connectivity index (χ1v) is 6.85. The standard InChI is InChI=1S/C16H15ClN2O/c1-10-6-13(17)7-12-9-19(16(20)15(10)12)8-11-2-4-14(18)5-3-11/h2-7H,8-9,18H2,1H3. The summed E-state index contributed by atoms with van der Waals surface area (Å²) in [4.78, 5) is 14.3. The predicted octanol–water partition coefficient (Wildman–Crippen LogP) is 3.39. The zero-order valence-electron chi connectivity index (χ0n) is 11.2. The SMILES string of the molecule is Cc1cc(Cl)cc2c1C(=O)N(Cc1ccc(N)cc1)C2. The van der Waals surface area contributed by atoms with Gasteiger partial charge in [-0.25, -0.2) is 0 Å². The third-order valence-corrected chi connectivity index (χ3v) is 3.82. The summed E-state index contributed by atoms with van der Waals surface area (Å²) in [6.45, 7) is 3.13. The van der Waals surface area contributed by atoms with Crippen molar-refractivity contribution in [3.05, 3.63) is 63.7 Å². The highest BCUT2D eigenvalue weighted by Gasteiger charge is 2.29. The van der Waals surface area contributed by atoms with Crippen LogP contribution in [-0.2, 0) is 13.1 Å². The van der Waals surface area contributed by atoms with Gasteiger partial charge in [0.25, 0.3) is 5.91 Å². The maximum atomic E-state index is 12.5. The van der Waals surface area contributed by atoms with E-state index in [0.717, 1.165) is 27.9 Å². The summed E-state index contributed by atoms with van der Waals surface area (Å²) in [6.07, 6.45) is 0. The predicted molar refractivity (Wildman–Crippen MR) is 80.6 cm³/mol. The fourth-order valence-corrected chi connectivity index (χ4v) is 2.95. The molecule has 0 saturated heterocycles. The zero-order valence-corrected chi connectivity index (χ0v) is 11.9. The minimum atomic E-state index is 0.0750. The van der Waals surface area contributed by atoms with E-state index in [0.29, 0.717) is 18.1 Å². The number of nitrogens with zero attached hydrogens (tertiary/aromatic N) is 1. The van der Waals surface area contributed by atoms with Crippen LogP contribution in [0.15, 0.2) is 36.4 Å². The second-order valence-corrected chi connectivity index (χ2v) is 5.60. The molecule has 1 aliphatic heterocycles. The number of amides is 1. The molecule has 0 spiro atoms. The number of rotatable bonds is 2. The highest BCUT2D eigenvalue weighted by atomic mass is 35.5. The third-order valence-electron chi connectivity index (χ3n) is 3.60. The lowest BCUT2D eigenvalue weighted by Gasteiger charge is -2.15. The van der Waals surface area contributed by atoms with Crippen molar-refractivity contribution in [1.29, 1.82) is 0 Å². The van der Waals surface area contributed by atoms with Gasteiger partial charge in [-0.3, -0.25) is 4.79 Å².